The van der Waals surface area contributed by atoms with Crippen molar-refractivity contribution in [3.05, 3.63) is 63.2 Å². The molecule has 0 bridgehead atoms. The minimum Gasteiger partial charge on any atom is -0.496 e. The smallest absolute Gasteiger partial charge is 0.122 e. The molecule has 106 valence electrons. The van der Waals surface area contributed by atoms with Gasteiger partial charge in [-0.05, 0) is 86.1 Å². The van der Waals surface area contributed by atoms with Crippen LogP contribution < -0.4 is 4.74 Å². The maximum atomic E-state index is 5.39. The van der Waals surface area contributed by atoms with Crippen LogP contribution in [0.4, 0.5) is 0 Å². The predicted octanol–water partition coefficient (Wildman–Crippen LogP) is 4.83. The van der Waals surface area contributed by atoms with Gasteiger partial charge >= 0.3 is 0 Å². The minimum atomic E-state index is 0.975. The highest BCUT2D eigenvalue weighted by molar-refractivity contribution is 5.45. The molecule has 2 aromatic carbocycles. The van der Waals surface area contributed by atoms with Crippen LogP contribution in [0.15, 0.2) is 24.3 Å². The Morgan fingerprint density at radius 1 is 0.650 bits per heavy atom. The number of hydrogen-bond donors (Lipinski definition) is 0. The minimum absolute atomic E-state index is 0.975. The van der Waals surface area contributed by atoms with Crippen LogP contribution in [0.2, 0.25) is 0 Å². The normalized spacial score (nSPS) is 10.7. The summed E-state index contributed by atoms with van der Waals surface area (Å²) in [7, 11) is 1.73. The van der Waals surface area contributed by atoms with E-state index in [4.69, 9.17) is 4.74 Å². The molecule has 0 heterocycles. The van der Waals surface area contributed by atoms with Gasteiger partial charge in [0, 0.05) is 0 Å². The summed E-state index contributed by atoms with van der Waals surface area (Å²) in [4.78, 5) is 0. The van der Waals surface area contributed by atoms with Crippen molar-refractivity contribution in [2.24, 2.45) is 0 Å². The van der Waals surface area contributed by atoms with E-state index in [-0.39, 0.29) is 0 Å². The van der Waals surface area contributed by atoms with Crippen LogP contribution in [0.1, 0.15) is 38.9 Å². The lowest BCUT2D eigenvalue weighted by atomic mass is 9.93. The van der Waals surface area contributed by atoms with Crippen LogP contribution in [0.25, 0.3) is 0 Å². The Bertz CT molecular complexity index is 639. The van der Waals surface area contributed by atoms with Crippen molar-refractivity contribution in [3.63, 3.8) is 0 Å². The summed E-state index contributed by atoms with van der Waals surface area (Å²) in [6, 6.07) is 9.00. The molecule has 0 aromatic heterocycles. The Labute approximate surface area is 122 Å². The second-order valence-electron chi connectivity index (χ2n) is 5.79. The first-order chi connectivity index (χ1) is 9.42. The number of rotatable bonds is 3. The van der Waals surface area contributed by atoms with Crippen molar-refractivity contribution in [3.8, 4) is 5.75 Å². The number of benzene rings is 2. The zero-order valence-corrected chi connectivity index (χ0v) is 13.4. The Kier molecular flexibility index (Phi) is 4.17. The molecule has 0 N–H and O–H groups in total. The average Bonchev–Trinajstić information content (AvgIpc) is 2.39. The third-order valence-electron chi connectivity index (χ3n) is 4.19. The third kappa shape index (κ3) is 2.87. The summed E-state index contributed by atoms with van der Waals surface area (Å²) in [5.41, 5.74) is 9.42. The average molecular weight is 268 g/mol. The van der Waals surface area contributed by atoms with Crippen LogP contribution in [-0.2, 0) is 6.42 Å². The zero-order valence-electron chi connectivity index (χ0n) is 13.4. The van der Waals surface area contributed by atoms with Crippen LogP contribution in [0, 0.1) is 34.6 Å². The lowest BCUT2D eigenvalue weighted by Gasteiger charge is -2.14. The van der Waals surface area contributed by atoms with Gasteiger partial charge in [0.05, 0.1) is 7.11 Å². The first kappa shape index (κ1) is 14.6. The van der Waals surface area contributed by atoms with Gasteiger partial charge in [-0.3, -0.25) is 0 Å². The maximum Gasteiger partial charge on any atom is 0.122 e. The molecule has 2 rings (SSSR count). The maximum absolute atomic E-state index is 5.39. The van der Waals surface area contributed by atoms with Crippen molar-refractivity contribution in [1.82, 2.24) is 0 Å². The van der Waals surface area contributed by atoms with Gasteiger partial charge in [-0.15, -0.1) is 0 Å². The number of ether oxygens (including phenoxy) is 1. The Morgan fingerprint density at radius 2 is 1.15 bits per heavy atom. The third-order valence-corrected chi connectivity index (χ3v) is 4.19. The van der Waals surface area contributed by atoms with Gasteiger partial charge in [0.25, 0.3) is 0 Å². The van der Waals surface area contributed by atoms with Gasteiger partial charge in [0.1, 0.15) is 5.75 Å². The zero-order chi connectivity index (χ0) is 14.9. The van der Waals surface area contributed by atoms with E-state index in [9.17, 15) is 0 Å². The van der Waals surface area contributed by atoms with E-state index in [1.807, 2.05) is 0 Å². The number of methoxy groups -OCH3 is 1. The molecule has 0 spiro atoms. The number of hydrogen-bond acceptors (Lipinski definition) is 1. The quantitative estimate of drug-likeness (QED) is 0.775. The van der Waals surface area contributed by atoms with Gasteiger partial charge in [0.2, 0.25) is 0 Å². The molecule has 0 unspecified atom stereocenters. The van der Waals surface area contributed by atoms with Crippen molar-refractivity contribution >= 4 is 0 Å². The summed E-state index contributed by atoms with van der Waals surface area (Å²) < 4.78 is 5.39. The molecule has 0 saturated heterocycles. The fourth-order valence-corrected chi connectivity index (χ4v) is 2.68. The topological polar surface area (TPSA) is 9.23 Å². The molecular formula is C19H24O. The molecule has 0 atom stereocenters. The monoisotopic (exact) mass is 268 g/mol. The summed E-state index contributed by atoms with van der Waals surface area (Å²) in [6.45, 7) is 10.8. The van der Waals surface area contributed by atoms with Gasteiger partial charge in [-0.2, -0.15) is 0 Å². The van der Waals surface area contributed by atoms with E-state index >= 15 is 0 Å². The molecule has 2 aromatic rings. The molecule has 1 heteroatoms. The van der Waals surface area contributed by atoms with Crippen LogP contribution in [-0.4, -0.2) is 7.11 Å². The summed E-state index contributed by atoms with van der Waals surface area (Å²) in [6.07, 6.45) is 0.990. The highest BCUT2D eigenvalue weighted by atomic mass is 16.5. The van der Waals surface area contributed by atoms with Crippen molar-refractivity contribution in [2.45, 2.75) is 41.0 Å². The van der Waals surface area contributed by atoms with Gasteiger partial charge < -0.3 is 4.74 Å². The molecule has 0 amide bonds. The highest BCUT2D eigenvalue weighted by Gasteiger charge is 2.08. The number of aryl methyl sites for hydroxylation is 5. The van der Waals surface area contributed by atoms with E-state index in [2.05, 4.69) is 58.9 Å². The standard InChI is InChI=1S/C19H24O/c1-12-7-14(3)17(8-13(12)2)11-18-9-16(5)19(20-6)10-15(18)4/h7-10H,11H2,1-6H3. The second kappa shape index (κ2) is 5.70. The molecule has 0 aliphatic heterocycles. The summed E-state index contributed by atoms with van der Waals surface area (Å²) >= 11 is 0. The van der Waals surface area contributed by atoms with Crippen LogP contribution in [0.5, 0.6) is 5.75 Å². The second-order valence-corrected chi connectivity index (χ2v) is 5.79. The molecule has 0 saturated carbocycles. The first-order valence-corrected chi connectivity index (χ1v) is 7.13. The van der Waals surface area contributed by atoms with Crippen LogP contribution in [0.3, 0.4) is 0 Å². The molecular weight excluding hydrogens is 244 g/mol. The molecule has 0 aliphatic carbocycles. The molecule has 0 fully saturated rings. The molecule has 20 heavy (non-hydrogen) atoms. The van der Waals surface area contributed by atoms with Crippen LogP contribution >= 0.6 is 0 Å². The van der Waals surface area contributed by atoms with Gasteiger partial charge in [-0.25, -0.2) is 0 Å². The fourth-order valence-electron chi connectivity index (χ4n) is 2.68. The summed E-state index contributed by atoms with van der Waals surface area (Å²) in [5, 5.41) is 0. The van der Waals surface area contributed by atoms with Gasteiger partial charge in [-0.1, -0.05) is 18.2 Å². The highest BCUT2D eigenvalue weighted by Crippen LogP contribution is 2.26. The van der Waals surface area contributed by atoms with E-state index < -0.39 is 0 Å². The summed E-state index contributed by atoms with van der Waals surface area (Å²) in [5.74, 6) is 0.975. The lowest BCUT2D eigenvalue weighted by molar-refractivity contribution is 0.411. The SMILES string of the molecule is COc1cc(C)c(Cc2cc(C)c(C)cc2C)cc1C. The molecule has 1 nitrogen and oxygen atoms in total. The largest absolute Gasteiger partial charge is 0.496 e. The Balaban J connectivity index is 2.40. The molecule has 0 radical (unpaired) electrons. The van der Waals surface area contributed by atoms with Crippen molar-refractivity contribution < 1.29 is 4.74 Å². The van der Waals surface area contributed by atoms with E-state index in [0.29, 0.717) is 0 Å². The van der Waals surface area contributed by atoms with E-state index in [1.165, 1.54) is 38.9 Å². The Morgan fingerprint density at radius 3 is 1.75 bits per heavy atom. The molecule has 0 aliphatic rings. The van der Waals surface area contributed by atoms with Gasteiger partial charge in [0.15, 0.2) is 0 Å². The predicted molar refractivity (Wildman–Crippen MR) is 85.9 cm³/mol. The van der Waals surface area contributed by atoms with E-state index in [1.54, 1.807) is 7.11 Å². The fraction of sp³-hybridized carbons (Fsp3) is 0.368. The Hall–Kier alpha value is -1.76. The lowest BCUT2D eigenvalue weighted by Crippen LogP contribution is -1.99. The van der Waals surface area contributed by atoms with E-state index in [0.717, 1.165) is 12.2 Å². The van der Waals surface area contributed by atoms with Crippen molar-refractivity contribution in [1.29, 1.82) is 0 Å². The first-order valence-electron chi connectivity index (χ1n) is 7.13. The van der Waals surface area contributed by atoms with Crippen molar-refractivity contribution in [2.75, 3.05) is 7.11 Å².